The molecule has 0 radical (unpaired) electrons. The summed E-state index contributed by atoms with van der Waals surface area (Å²) in [6.07, 6.45) is 5.01. The molecular weight excluding hydrogens is 260 g/mol. The molecule has 1 aliphatic heterocycles. The lowest BCUT2D eigenvalue weighted by atomic mass is 10.0. The highest BCUT2D eigenvalue weighted by Gasteiger charge is 2.15. The van der Waals surface area contributed by atoms with Gasteiger partial charge >= 0.3 is 0 Å². The van der Waals surface area contributed by atoms with Crippen LogP contribution < -0.4 is 5.56 Å². The van der Waals surface area contributed by atoms with Crippen LogP contribution in [0.4, 0.5) is 0 Å². The fraction of sp³-hybridized carbons (Fsp3) is 0.571. The number of fused-ring (bicyclic) bond motifs is 1. The van der Waals surface area contributed by atoms with Gasteiger partial charge in [0.25, 0.3) is 5.56 Å². The number of hydrogen-bond acceptors (Lipinski definition) is 4. The Balaban J connectivity index is 1.70. The second kappa shape index (κ2) is 5.43. The molecule has 2 aromatic rings. The monoisotopic (exact) mass is 278 g/mol. The summed E-state index contributed by atoms with van der Waals surface area (Å²) in [5, 5.41) is 2.00. The van der Waals surface area contributed by atoms with Gasteiger partial charge in [0.15, 0.2) is 0 Å². The van der Waals surface area contributed by atoms with E-state index in [1.54, 1.807) is 10.9 Å². The van der Waals surface area contributed by atoms with Crippen LogP contribution in [0.1, 0.15) is 24.8 Å². The van der Waals surface area contributed by atoms with Gasteiger partial charge in [0.05, 0.1) is 11.8 Å². The minimum Gasteiger partial charge on any atom is -0.381 e. The predicted molar refractivity (Wildman–Crippen MR) is 76.8 cm³/mol. The number of ether oxygens (including phenoxy) is 1. The third-order valence-corrected chi connectivity index (χ3v) is 4.83. The second-order valence-corrected chi connectivity index (χ2v) is 6.09. The van der Waals surface area contributed by atoms with Crippen molar-refractivity contribution in [1.82, 2.24) is 9.55 Å². The predicted octanol–water partition coefficient (Wildman–Crippen LogP) is 2.58. The topological polar surface area (TPSA) is 44.1 Å². The first-order valence-corrected chi connectivity index (χ1v) is 7.64. The number of rotatable bonds is 4. The smallest absolute Gasteiger partial charge is 0.271 e. The van der Waals surface area contributed by atoms with E-state index in [0.717, 1.165) is 54.8 Å². The lowest BCUT2D eigenvalue weighted by Crippen LogP contribution is -2.20. The molecule has 3 heterocycles. The number of nitrogens with zero attached hydrogens (tertiary/aromatic N) is 2. The maximum absolute atomic E-state index is 12.3. The summed E-state index contributed by atoms with van der Waals surface area (Å²) in [6, 6.07) is 0. The summed E-state index contributed by atoms with van der Waals surface area (Å²) in [6.45, 7) is 4.54. The van der Waals surface area contributed by atoms with Crippen molar-refractivity contribution in [3.63, 3.8) is 0 Å². The third-order valence-electron chi connectivity index (χ3n) is 3.76. The Kier molecular flexibility index (Phi) is 3.66. The molecule has 0 saturated carbocycles. The van der Waals surface area contributed by atoms with Gasteiger partial charge in [-0.25, -0.2) is 4.98 Å². The SMILES string of the molecule is Cc1csc2c(=O)n(CCC[C@@H]3CCOC3)cnc12. The molecule has 4 nitrogen and oxygen atoms in total. The summed E-state index contributed by atoms with van der Waals surface area (Å²) in [7, 11) is 0. The van der Waals surface area contributed by atoms with E-state index in [1.165, 1.54) is 11.3 Å². The van der Waals surface area contributed by atoms with Crippen LogP contribution in [-0.4, -0.2) is 22.8 Å². The summed E-state index contributed by atoms with van der Waals surface area (Å²) in [5.41, 5.74) is 2.05. The van der Waals surface area contributed by atoms with E-state index in [0.29, 0.717) is 5.92 Å². The van der Waals surface area contributed by atoms with E-state index in [1.807, 2.05) is 12.3 Å². The van der Waals surface area contributed by atoms with Crippen LogP contribution in [0, 0.1) is 12.8 Å². The third kappa shape index (κ3) is 2.58. The second-order valence-electron chi connectivity index (χ2n) is 5.21. The quantitative estimate of drug-likeness (QED) is 0.863. The Labute approximate surface area is 116 Å². The van der Waals surface area contributed by atoms with Crippen molar-refractivity contribution in [2.24, 2.45) is 5.92 Å². The van der Waals surface area contributed by atoms with E-state index in [-0.39, 0.29) is 5.56 Å². The molecule has 0 amide bonds. The van der Waals surface area contributed by atoms with Crippen molar-refractivity contribution in [2.75, 3.05) is 13.2 Å². The Morgan fingerprint density at radius 1 is 1.58 bits per heavy atom. The molecule has 0 spiro atoms. The van der Waals surface area contributed by atoms with E-state index in [4.69, 9.17) is 4.74 Å². The summed E-state index contributed by atoms with van der Waals surface area (Å²) in [5.74, 6) is 0.677. The fourth-order valence-electron chi connectivity index (χ4n) is 2.58. The first kappa shape index (κ1) is 12.8. The Bertz CT molecular complexity index is 626. The average molecular weight is 278 g/mol. The van der Waals surface area contributed by atoms with Crippen molar-refractivity contribution in [2.45, 2.75) is 32.7 Å². The van der Waals surface area contributed by atoms with Crippen LogP contribution >= 0.6 is 11.3 Å². The van der Waals surface area contributed by atoms with Gasteiger partial charge in [-0.1, -0.05) is 0 Å². The van der Waals surface area contributed by atoms with E-state index in [2.05, 4.69) is 4.98 Å². The fourth-order valence-corrected chi connectivity index (χ4v) is 3.53. The molecule has 1 atom stereocenters. The highest BCUT2D eigenvalue weighted by molar-refractivity contribution is 7.17. The molecule has 0 N–H and O–H groups in total. The Morgan fingerprint density at radius 2 is 2.47 bits per heavy atom. The van der Waals surface area contributed by atoms with Gasteiger partial charge in [0.1, 0.15) is 4.70 Å². The van der Waals surface area contributed by atoms with Gasteiger partial charge in [-0.15, -0.1) is 11.3 Å². The van der Waals surface area contributed by atoms with Gasteiger partial charge in [0, 0.05) is 19.8 Å². The van der Waals surface area contributed by atoms with Crippen molar-refractivity contribution in [1.29, 1.82) is 0 Å². The molecule has 0 unspecified atom stereocenters. The van der Waals surface area contributed by atoms with Crippen LogP contribution in [0.25, 0.3) is 10.2 Å². The zero-order valence-electron chi connectivity index (χ0n) is 11.1. The molecule has 1 aliphatic rings. The maximum Gasteiger partial charge on any atom is 0.271 e. The van der Waals surface area contributed by atoms with Crippen molar-refractivity contribution in [3.8, 4) is 0 Å². The molecule has 102 valence electrons. The zero-order valence-corrected chi connectivity index (χ0v) is 11.9. The number of thiophene rings is 1. The molecule has 1 saturated heterocycles. The molecular formula is C14H18N2O2S. The average Bonchev–Trinajstić information content (AvgIpc) is 3.03. The minimum atomic E-state index is 0.103. The lowest BCUT2D eigenvalue weighted by molar-refractivity contribution is 0.183. The van der Waals surface area contributed by atoms with Gasteiger partial charge in [-0.3, -0.25) is 9.36 Å². The standard InChI is InChI=1S/C14H18N2O2S/c1-10-8-19-13-12(10)15-9-16(14(13)17)5-2-3-11-4-6-18-7-11/h8-9,11H,2-7H2,1H3/t11-/m1/s1. The van der Waals surface area contributed by atoms with Crippen LogP contribution in [0.5, 0.6) is 0 Å². The molecule has 3 rings (SSSR count). The van der Waals surface area contributed by atoms with Crippen LogP contribution in [0.2, 0.25) is 0 Å². The van der Waals surface area contributed by atoms with Crippen molar-refractivity contribution >= 4 is 21.6 Å². The lowest BCUT2D eigenvalue weighted by Gasteiger charge is -2.08. The molecule has 2 aromatic heterocycles. The Morgan fingerprint density at radius 3 is 3.26 bits per heavy atom. The number of hydrogen-bond donors (Lipinski definition) is 0. The van der Waals surface area contributed by atoms with Crippen LogP contribution in [0.15, 0.2) is 16.5 Å². The number of aromatic nitrogens is 2. The van der Waals surface area contributed by atoms with Crippen LogP contribution in [0.3, 0.4) is 0 Å². The van der Waals surface area contributed by atoms with Gasteiger partial charge in [-0.05, 0) is 43.0 Å². The molecule has 0 aliphatic carbocycles. The maximum atomic E-state index is 12.3. The molecule has 0 aromatic carbocycles. The van der Waals surface area contributed by atoms with E-state index < -0.39 is 0 Å². The normalized spacial score (nSPS) is 19.3. The highest BCUT2D eigenvalue weighted by atomic mass is 32.1. The minimum absolute atomic E-state index is 0.103. The van der Waals surface area contributed by atoms with Crippen LogP contribution in [-0.2, 0) is 11.3 Å². The molecule has 1 fully saturated rings. The highest BCUT2D eigenvalue weighted by Crippen LogP contribution is 2.20. The van der Waals surface area contributed by atoms with Gasteiger partial charge in [0.2, 0.25) is 0 Å². The summed E-state index contributed by atoms with van der Waals surface area (Å²) in [4.78, 5) is 16.7. The molecule has 0 bridgehead atoms. The zero-order chi connectivity index (χ0) is 13.2. The summed E-state index contributed by atoms with van der Waals surface area (Å²) >= 11 is 1.50. The first-order chi connectivity index (χ1) is 9.25. The Hall–Kier alpha value is -1.20. The van der Waals surface area contributed by atoms with E-state index >= 15 is 0 Å². The largest absolute Gasteiger partial charge is 0.381 e. The van der Waals surface area contributed by atoms with E-state index in [9.17, 15) is 4.79 Å². The van der Waals surface area contributed by atoms with Crippen molar-refractivity contribution in [3.05, 3.63) is 27.6 Å². The molecule has 19 heavy (non-hydrogen) atoms. The van der Waals surface area contributed by atoms with Gasteiger partial charge in [-0.2, -0.15) is 0 Å². The first-order valence-electron chi connectivity index (χ1n) is 6.76. The van der Waals surface area contributed by atoms with Crippen molar-refractivity contribution < 1.29 is 4.74 Å². The number of aryl methyl sites for hydroxylation is 2. The molecule has 5 heteroatoms. The van der Waals surface area contributed by atoms with Gasteiger partial charge < -0.3 is 4.74 Å². The summed E-state index contributed by atoms with van der Waals surface area (Å²) < 4.78 is 7.89.